The fourth-order valence-corrected chi connectivity index (χ4v) is 0.554. The van der Waals surface area contributed by atoms with E-state index in [0.717, 1.165) is 6.08 Å². The van der Waals surface area contributed by atoms with Crippen molar-refractivity contribution in [3.8, 4) is 0 Å². The summed E-state index contributed by atoms with van der Waals surface area (Å²) < 4.78 is 4.66. The Morgan fingerprint density at radius 2 is 2.55 bits per heavy atom. The largest absolute Gasteiger partial charge is 0.430 e. The molecule has 5 heteroatoms. The van der Waals surface area contributed by atoms with E-state index in [1.165, 1.54) is 0 Å². The summed E-state index contributed by atoms with van der Waals surface area (Å²) in [5.41, 5.74) is 0. The average molecular weight is 160 g/mol. The van der Waals surface area contributed by atoms with Crippen molar-refractivity contribution in [3.63, 3.8) is 0 Å². The van der Waals surface area contributed by atoms with Gasteiger partial charge >= 0.3 is 5.97 Å². The van der Waals surface area contributed by atoms with Crippen LogP contribution in [0.2, 0.25) is 0 Å². The molecule has 1 aliphatic rings. The third-order valence-electron chi connectivity index (χ3n) is 1.05. The molecule has 1 fully saturated rings. The van der Waals surface area contributed by atoms with E-state index in [1.54, 1.807) is 0 Å². The summed E-state index contributed by atoms with van der Waals surface area (Å²) in [6, 6.07) is 0. The van der Waals surface area contributed by atoms with Gasteiger partial charge in [0.2, 0.25) is 6.29 Å². The molecular formula is C6H8O5. The zero-order valence-corrected chi connectivity index (χ0v) is 5.82. The van der Waals surface area contributed by atoms with Gasteiger partial charge in [0.25, 0.3) is 0 Å². The van der Waals surface area contributed by atoms with Crippen LogP contribution >= 0.6 is 0 Å². The SMILES string of the molecule is C=CC(=O)OC1CCOOO1. The predicted molar refractivity (Wildman–Crippen MR) is 32.8 cm³/mol. The molecule has 0 spiro atoms. The normalized spacial score (nSPS) is 24.2. The van der Waals surface area contributed by atoms with Crippen molar-refractivity contribution >= 4 is 5.97 Å². The number of esters is 1. The predicted octanol–water partition coefficient (Wildman–Crippen LogP) is 0.325. The number of hydrogen-bond donors (Lipinski definition) is 0. The number of hydrogen-bond acceptors (Lipinski definition) is 5. The molecule has 1 heterocycles. The molecule has 0 saturated carbocycles. The van der Waals surface area contributed by atoms with Crippen molar-refractivity contribution in [3.05, 3.63) is 12.7 Å². The van der Waals surface area contributed by atoms with Crippen molar-refractivity contribution in [2.24, 2.45) is 0 Å². The lowest BCUT2D eigenvalue weighted by atomic mass is 10.4. The molecule has 1 rings (SSSR count). The highest BCUT2D eigenvalue weighted by Crippen LogP contribution is 2.08. The Hall–Kier alpha value is -0.910. The first-order valence-electron chi connectivity index (χ1n) is 3.11. The lowest BCUT2D eigenvalue weighted by Crippen LogP contribution is -2.26. The number of carbonyl (C=O) groups excluding carboxylic acids is 1. The maximum absolute atomic E-state index is 10.6. The molecule has 62 valence electrons. The molecule has 0 bridgehead atoms. The Bertz CT molecular complexity index is 149. The van der Waals surface area contributed by atoms with Gasteiger partial charge < -0.3 is 4.74 Å². The molecule has 0 aromatic carbocycles. The van der Waals surface area contributed by atoms with Crippen LogP contribution in [0.25, 0.3) is 0 Å². The third kappa shape index (κ3) is 2.67. The monoisotopic (exact) mass is 160 g/mol. The van der Waals surface area contributed by atoms with Gasteiger partial charge in [-0.25, -0.2) is 9.68 Å². The lowest BCUT2D eigenvalue weighted by Gasteiger charge is -2.18. The molecule has 0 N–H and O–H groups in total. The molecule has 0 amide bonds. The highest BCUT2D eigenvalue weighted by Gasteiger charge is 2.18. The molecule has 1 atom stereocenters. The summed E-state index contributed by atoms with van der Waals surface area (Å²) in [6.07, 6.45) is 0.826. The van der Waals surface area contributed by atoms with Gasteiger partial charge in [0.1, 0.15) is 0 Å². The Kier molecular flexibility index (Phi) is 3.03. The van der Waals surface area contributed by atoms with Crippen molar-refractivity contribution in [1.82, 2.24) is 0 Å². The van der Waals surface area contributed by atoms with Crippen LogP contribution in [0.4, 0.5) is 0 Å². The van der Waals surface area contributed by atoms with Crippen LogP contribution in [0.3, 0.4) is 0 Å². The Morgan fingerprint density at radius 1 is 1.73 bits per heavy atom. The average Bonchev–Trinajstić information content (AvgIpc) is 2.06. The van der Waals surface area contributed by atoms with E-state index in [9.17, 15) is 4.79 Å². The molecule has 1 aliphatic heterocycles. The van der Waals surface area contributed by atoms with Gasteiger partial charge in [0, 0.05) is 12.5 Å². The summed E-state index contributed by atoms with van der Waals surface area (Å²) in [5, 5.41) is 4.12. The maximum Gasteiger partial charge on any atom is 0.332 e. The van der Waals surface area contributed by atoms with E-state index >= 15 is 0 Å². The van der Waals surface area contributed by atoms with Crippen LogP contribution in [0.5, 0.6) is 0 Å². The number of carbonyl (C=O) groups is 1. The Labute approximate surface area is 63.3 Å². The van der Waals surface area contributed by atoms with Crippen LogP contribution in [0, 0.1) is 0 Å². The summed E-state index contributed by atoms with van der Waals surface area (Å²) in [6.45, 7) is 3.57. The highest BCUT2D eigenvalue weighted by molar-refractivity contribution is 5.81. The fourth-order valence-electron chi connectivity index (χ4n) is 0.554. The van der Waals surface area contributed by atoms with E-state index in [0.29, 0.717) is 13.0 Å². The standard InChI is InChI=1S/C6H8O5/c1-2-5(7)9-6-3-4-8-11-10-6/h2,6H,1,3-4H2. The quantitative estimate of drug-likeness (QED) is 0.331. The summed E-state index contributed by atoms with van der Waals surface area (Å²) in [7, 11) is 0. The zero-order valence-electron chi connectivity index (χ0n) is 5.82. The van der Waals surface area contributed by atoms with Crippen molar-refractivity contribution in [1.29, 1.82) is 0 Å². The fraction of sp³-hybridized carbons (Fsp3) is 0.500. The number of ether oxygens (including phenoxy) is 1. The molecule has 11 heavy (non-hydrogen) atoms. The highest BCUT2D eigenvalue weighted by atomic mass is 17.5. The second-order valence-electron chi connectivity index (χ2n) is 1.85. The third-order valence-corrected chi connectivity index (χ3v) is 1.05. The molecule has 0 radical (unpaired) electrons. The van der Waals surface area contributed by atoms with Crippen LogP contribution in [0.15, 0.2) is 12.7 Å². The lowest BCUT2D eigenvalue weighted by molar-refractivity contribution is -0.567. The van der Waals surface area contributed by atoms with Gasteiger partial charge in [-0.3, -0.25) is 0 Å². The van der Waals surface area contributed by atoms with Crippen LogP contribution in [0.1, 0.15) is 6.42 Å². The zero-order chi connectivity index (χ0) is 8.10. The Morgan fingerprint density at radius 3 is 3.09 bits per heavy atom. The van der Waals surface area contributed by atoms with Gasteiger partial charge in [-0.1, -0.05) is 11.6 Å². The van der Waals surface area contributed by atoms with Crippen LogP contribution in [-0.4, -0.2) is 18.9 Å². The molecule has 0 aromatic heterocycles. The van der Waals surface area contributed by atoms with Gasteiger partial charge in [0.15, 0.2) is 0 Å². The minimum Gasteiger partial charge on any atom is -0.430 e. The first-order chi connectivity index (χ1) is 5.33. The van der Waals surface area contributed by atoms with Crippen molar-refractivity contribution in [2.75, 3.05) is 6.61 Å². The van der Waals surface area contributed by atoms with E-state index in [-0.39, 0.29) is 0 Å². The Balaban J connectivity index is 2.24. The maximum atomic E-state index is 10.6. The van der Waals surface area contributed by atoms with Gasteiger partial charge in [0.05, 0.1) is 6.61 Å². The first-order valence-corrected chi connectivity index (χ1v) is 3.11. The molecule has 1 saturated heterocycles. The second-order valence-corrected chi connectivity index (χ2v) is 1.85. The van der Waals surface area contributed by atoms with Crippen molar-refractivity contribution < 1.29 is 24.3 Å². The van der Waals surface area contributed by atoms with Crippen molar-refractivity contribution in [2.45, 2.75) is 12.7 Å². The van der Waals surface area contributed by atoms with E-state index in [4.69, 9.17) is 0 Å². The van der Waals surface area contributed by atoms with Crippen LogP contribution < -0.4 is 0 Å². The second kappa shape index (κ2) is 4.07. The van der Waals surface area contributed by atoms with Gasteiger partial charge in [-0.2, -0.15) is 4.89 Å². The van der Waals surface area contributed by atoms with E-state index in [2.05, 4.69) is 26.1 Å². The molecular weight excluding hydrogens is 152 g/mol. The van der Waals surface area contributed by atoms with E-state index < -0.39 is 12.3 Å². The summed E-state index contributed by atoms with van der Waals surface area (Å²) in [5.74, 6) is -0.541. The summed E-state index contributed by atoms with van der Waals surface area (Å²) in [4.78, 5) is 19.4. The van der Waals surface area contributed by atoms with Gasteiger partial charge in [-0.15, -0.1) is 0 Å². The smallest absolute Gasteiger partial charge is 0.332 e. The topological polar surface area (TPSA) is 54.0 Å². The minimum atomic E-state index is -0.686. The van der Waals surface area contributed by atoms with Gasteiger partial charge in [-0.05, 0) is 0 Å². The molecule has 0 aromatic rings. The molecule has 1 unspecified atom stereocenters. The molecule has 5 nitrogen and oxygen atoms in total. The summed E-state index contributed by atoms with van der Waals surface area (Å²) >= 11 is 0. The molecule has 0 aliphatic carbocycles. The van der Waals surface area contributed by atoms with Crippen LogP contribution in [-0.2, 0) is 24.3 Å². The number of rotatable bonds is 2. The first kappa shape index (κ1) is 8.19. The minimum absolute atomic E-state index is 0.342. The van der Waals surface area contributed by atoms with E-state index in [1.807, 2.05) is 0 Å².